The van der Waals surface area contributed by atoms with Crippen molar-refractivity contribution < 1.29 is 4.79 Å². The van der Waals surface area contributed by atoms with Crippen molar-refractivity contribution in [1.29, 1.82) is 0 Å². The number of pyridine rings is 1. The molecular formula is C30H33N5O. The minimum Gasteiger partial charge on any atom is -0.382 e. The Balaban J connectivity index is 1.35. The average Bonchev–Trinajstić information content (AvgIpc) is 2.88. The molecular weight excluding hydrogens is 446 g/mol. The fraction of sp³-hybridized carbons (Fsp3) is 0.333. The average molecular weight is 480 g/mol. The standard InChI is InChI=1S/C30H33N5O/c1-20(2)32-28-16-26(18-31-19-28)23-7-8-29-25(14-23)15-27(33-34-29)17-30(36)24-6-4-5-22(13-24)21-9-11-35(3)12-10-21/h4-8,13-16,18-21,32H,9-12,17H2,1-3H3. The number of nitrogens with zero attached hydrogens (tertiary/aromatic N) is 4. The molecule has 0 radical (unpaired) electrons. The van der Waals surface area contributed by atoms with Gasteiger partial charge in [0.1, 0.15) is 0 Å². The summed E-state index contributed by atoms with van der Waals surface area (Å²) in [6.07, 6.45) is 6.21. The van der Waals surface area contributed by atoms with Crippen LogP contribution >= 0.6 is 0 Å². The summed E-state index contributed by atoms with van der Waals surface area (Å²) in [5.74, 6) is 0.600. The smallest absolute Gasteiger partial charge is 0.168 e. The van der Waals surface area contributed by atoms with Gasteiger partial charge in [0.2, 0.25) is 0 Å². The normalized spacial score (nSPS) is 14.9. The first-order chi connectivity index (χ1) is 17.4. The SMILES string of the molecule is CC(C)Nc1cncc(-c2ccc3nnc(CC(=O)c4cccc(C5CCN(C)CC5)c4)cc3c2)c1. The van der Waals surface area contributed by atoms with Gasteiger partial charge in [-0.2, -0.15) is 10.2 Å². The first kappa shape index (κ1) is 24.1. The molecule has 1 fully saturated rings. The molecule has 0 spiro atoms. The van der Waals surface area contributed by atoms with Crippen molar-refractivity contribution in [3.05, 3.63) is 83.8 Å². The number of Topliss-reactive ketones (excluding diaryl/α,β-unsaturated/α-hetero) is 1. The van der Waals surface area contributed by atoms with Gasteiger partial charge in [-0.3, -0.25) is 9.78 Å². The number of piperidine rings is 1. The maximum atomic E-state index is 13.2. The van der Waals surface area contributed by atoms with Crippen molar-refractivity contribution in [2.45, 2.75) is 45.1 Å². The number of hydrogen-bond acceptors (Lipinski definition) is 6. The monoisotopic (exact) mass is 479 g/mol. The van der Waals surface area contributed by atoms with E-state index in [0.29, 0.717) is 17.7 Å². The van der Waals surface area contributed by atoms with Crippen molar-refractivity contribution in [3.8, 4) is 11.1 Å². The molecule has 184 valence electrons. The number of anilines is 1. The molecule has 0 atom stereocenters. The van der Waals surface area contributed by atoms with E-state index in [4.69, 9.17) is 0 Å². The van der Waals surface area contributed by atoms with E-state index in [2.05, 4.69) is 70.6 Å². The van der Waals surface area contributed by atoms with Crippen LogP contribution in [0.15, 0.2) is 67.0 Å². The van der Waals surface area contributed by atoms with Crippen LogP contribution in [0.25, 0.3) is 22.0 Å². The van der Waals surface area contributed by atoms with Crippen molar-refractivity contribution in [2.24, 2.45) is 0 Å². The lowest BCUT2D eigenvalue weighted by atomic mass is 9.88. The second kappa shape index (κ2) is 10.5. The molecule has 3 heterocycles. The summed E-state index contributed by atoms with van der Waals surface area (Å²) < 4.78 is 0. The quantitative estimate of drug-likeness (QED) is 0.341. The molecule has 0 saturated carbocycles. The van der Waals surface area contributed by atoms with Crippen LogP contribution in [0.2, 0.25) is 0 Å². The summed E-state index contributed by atoms with van der Waals surface area (Å²) >= 11 is 0. The van der Waals surface area contributed by atoms with Crippen LogP contribution in [-0.2, 0) is 6.42 Å². The fourth-order valence-corrected chi connectivity index (χ4v) is 4.94. The third-order valence-corrected chi connectivity index (χ3v) is 6.90. The lowest BCUT2D eigenvalue weighted by Crippen LogP contribution is -2.29. The van der Waals surface area contributed by atoms with E-state index in [0.717, 1.165) is 59.2 Å². The first-order valence-electron chi connectivity index (χ1n) is 12.7. The predicted molar refractivity (Wildman–Crippen MR) is 145 cm³/mol. The fourth-order valence-electron chi connectivity index (χ4n) is 4.94. The highest BCUT2D eigenvalue weighted by Crippen LogP contribution is 2.29. The van der Waals surface area contributed by atoms with Crippen LogP contribution < -0.4 is 5.32 Å². The Labute approximate surface area is 212 Å². The number of benzene rings is 2. The number of carbonyl (C=O) groups excluding carboxylic acids is 1. The van der Waals surface area contributed by atoms with E-state index in [1.807, 2.05) is 42.7 Å². The highest BCUT2D eigenvalue weighted by atomic mass is 16.1. The number of carbonyl (C=O) groups is 1. The first-order valence-corrected chi connectivity index (χ1v) is 12.7. The molecule has 1 aliphatic rings. The zero-order chi connectivity index (χ0) is 25.1. The van der Waals surface area contributed by atoms with Gasteiger partial charge in [0, 0.05) is 34.9 Å². The summed E-state index contributed by atoms with van der Waals surface area (Å²) in [4.78, 5) is 19.9. The van der Waals surface area contributed by atoms with E-state index in [9.17, 15) is 4.79 Å². The molecule has 5 rings (SSSR count). The van der Waals surface area contributed by atoms with Crippen LogP contribution in [0, 0.1) is 0 Å². The van der Waals surface area contributed by atoms with E-state index < -0.39 is 0 Å². The van der Waals surface area contributed by atoms with Gasteiger partial charge in [0.25, 0.3) is 0 Å². The van der Waals surface area contributed by atoms with Crippen LogP contribution in [0.3, 0.4) is 0 Å². The summed E-state index contributed by atoms with van der Waals surface area (Å²) in [6.45, 7) is 6.42. The number of fused-ring (bicyclic) bond motifs is 1. The van der Waals surface area contributed by atoms with Crippen LogP contribution in [0.5, 0.6) is 0 Å². The molecule has 0 unspecified atom stereocenters. The third-order valence-electron chi connectivity index (χ3n) is 6.90. The number of aromatic nitrogens is 3. The van der Waals surface area contributed by atoms with Gasteiger partial charge in [-0.1, -0.05) is 24.3 Å². The molecule has 6 nitrogen and oxygen atoms in total. The lowest BCUT2D eigenvalue weighted by Gasteiger charge is -2.29. The van der Waals surface area contributed by atoms with Crippen molar-refractivity contribution in [2.75, 3.05) is 25.5 Å². The largest absolute Gasteiger partial charge is 0.382 e. The van der Waals surface area contributed by atoms with Crippen LogP contribution in [-0.4, -0.2) is 52.0 Å². The van der Waals surface area contributed by atoms with Gasteiger partial charge < -0.3 is 10.2 Å². The number of rotatable bonds is 7. The second-order valence-corrected chi connectivity index (χ2v) is 10.2. The van der Waals surface area contributed by atoms with E-state index >= 15 is 0 Å². The molecule has 0 aliphatic carbocycles. The maximum Gasteiger partial charge on any atom is 0.168 e. The summed E-state index contributed by atoms with van der Waals surface area (Å²) in [7, 11) is 2.17. The molecule has 36 heavy (non-hydrogen) atoms. The topological polar surface area (TPSA) is 71.0 Å². The zero-order valence-electron chi connectivity index (χ0n) is 21.2. The third kappa shape index (κ3) is 5.60. The highest BCUT2D eigenvalue weighted by Gasteiger charge is 2.19. The van der Waals surface area contributed by atoms with Crippen molar-refractivity contribution in [3.63, 3.8) is 0 Å². The lowest BCUT2D eigenvalue weighted by molar-refractivity contribution is 0.0991. The number of ketones is 1. The van der Waals surface area contributed by atoms with Gasteiger partial charge in [-0.15, -0.1) is 0 Å². The Morgan fingerprint density at radius 1 is 1.00 bits per heavy atom. The van der Waals surface area contributed by atoms with E-state index in [1.165, 1.54) is 5.56 Å². The number of likely N-dealkylation sites (tertiary alicyclic amines) is 1. The summed E-state index contributed by atoms with van der Waals surface area (Å²) in [6, 6.07) is 18.7. The molecule has 1 saturated heterocycles. The molecule has 4 aromatic rings. The molecule has 6 heteroatoms. The Bertz CT molecular complexity index is 1370. The van der Waals surface area contributed by atoms with Gasteiger partial charge in [0.05, 0.1) is 23.3 Å². The summed E-state index contributed by atoms with van der Waals surface area (Å²) in [5.41, 5.74) is 6.59. The molecule has 2 aromatic carbocycles. The second-order valence-electron chi connectivity index (χ2n) is 10.2. The van der Waals surface area contributed by atoms with Crippen molar-refractivity contribution >= 4 is 22.4 Å². The van der Waals surface area contributed by atoms with Gasteiger partial charge in [-0.05, 0) is 94.2 Å². The van der Waals surface area contributed by atoms with Gasteiger partial charge >= 0.3 is 0 Å². The molecule has 0 bridgehead atoms. The Morgan fingerprint density at radius 3 is 2.64 bits per heavy atom. The Hall–Kier alpha value is -3.64. The summed E-state index contributed by atoms with van der Waals surface area (Å²) in [5, 5.41) is 13.1. The van der Waals surface area contributed by atoms with Crippen molar-refractivity contribution in [1.82, 2.24) is 20.1 Å². The minimum atomic E-state index is 0.0752. The van der Waals surface area contributed by atoms with Crippen LogP contribution in [0.1, 0.15) is 54.2 Å². The molecule has 1 aliphatic heterocycles. The van der Waals surface area contributed by atoms with Crippen LogP contribution in [0.4, 0.5) is 5.69 Å². The maximum absolute atomic E-state index is 13.2. The Kier molecular flexibility index (Phi) is 7.05. The number of hydrogen-bond donors (Lipinski definition) is 1. The minimum absolute atomic E-state index is 0.0752. The highest BCUT2D eigenvalue weighted by molar-refractivity contribution is 5.98. The molecule has 0 amide bonds. The predicted octanol–water partition coefficient (Wildman–Crippen LogP) is 5.75. The molecule has 1 N–H and O–H groups in total. The van der Waals surface area contributed by atoms with E-state index in [-0.39, 0.29) is 12.2 Å². The van der Waals surface area contributed by atoms with E-state index in [1.54, 1.807) is 0 Å². The number of nitrogens with one attached hydrogen (secondary N) is 1. The zero-order valence-corrected chi connectivity index (χ0v) is 21.2. The Morgan fingerprint density at radius 2 is 1.83 bits per heavy atom. The van der Waals surface area contributed by atoms with Gasteiger partial charge in [0.15, 0.2) is 5.78 Å². The van der Waals surface area contributed by atoms with Gasteiger partial charge in [-0.25, -0.2) is 0 Å². The molecule has 2 aromatic heterocycles.